The number of amides is 3. The quantitative estimate of drug-likeness (QED) is 0.307. The highest BCUT2D eigenvalue weighted by atomic mass is 35.5. The van der Waals surface area contributed by atoms with Crippen LogP contribution in [0.2, 0.25) is 5.02 Å². The first-order valence-electron chi connectivity index (χ1n) is 14.1. The number of aromatic nitrogens is 1. The SMILES string of the molecule is Cl.O=C(Nc1c(O)cccc1C(=O)Nc1ccc(Cl)cn1)c1ccc(C2CCCN(CCN3CCCOCC3)C2=O)cc1. The van der Waals surface area contributed by atoms with Crippen LogP contribution in [0.1, 0.15) is 51.5 Å². The highest BCUT2D eigenvalue weighted by Gasteiger charge is 2.30. The van der Waals surface area contributed by atoms with Crippen LogP contribution in [0.25, 0.3) is 0 Å². The highest BCUT2D eigenvalue weighted by Crippen LogP contribution is 2.30. The number of phenols is 1. The van der Waals surface area contributed by atoms with Gasteiger partial charge in [0.05, 0.1) is 28.8 Å². The number of ether oxygens (including phenoxy) is 1. The van der Waals surface area contributed by atoms with Gasteiger partial charge in [-0.1, -0.05) is 29.8 Å². The molecule has 1 unspecified atom stereocenters. The van der Waals surface area contributed by atoms with E-state index in [1.165, 1.54) is 24.4 Å². The molecule has 1 atom stereocenters. The molecule has 3 amide bonds. The molecule has 3 heterocycles. The molecule has 2 aliphatic heterocycles. The van der Waals surface area contributed by atoms with Crippen LogP contribution in [0.15, 0.2) is 60.8 Å². The number of likely N-dealkylation sites (tertiary alicyclic amines) is 1. The van der Waals surface area contributed by atoms with E-state index in [2.05, 4.69) is 20.5 Å². The van der Waals surface area contributed by atoms with Gasteiger partial charge < -0.3 is 25.4 Å². The fourth-order valence-corrected chi connectivity index (χ4v) is 5.41. The summed E-state index contributed by atoms with van der Waals surface area (Å²) in [6, 6.07) is 14.4. The molecule has 1 aromatic heterocycles. The molecule has 0 aliphatic carbocycles. The van der Waals surface area contributed by atoms with Crippen LogP contribution < -0.4 is 10.6 Å². The topological polar surface area (TPSA) is 124 Å². The number of halogens is 2. The molecule has 5 rings (SSSR count). The molecule has 2 aromatic carbocycles. The second-order valence-corrected chi connectivity index (χ2v) is 10.9. The van der Waals surface area contributed by atoms with Crippen LogP contribution in [0.3, 0.4) is 0 Å². The van der Waals surface area contributed by atoms with Gasteiger partial charge in [-0.2, -0.15) is 0 Å². The molecule has 2 fully saturated rings. The van der Waals surface area contributed by atoms with Crippen molar-refractivity contribution in [3.8, 4) is 5.75 Å². The van der Waals surface area contributed by atoms with Crippen molar-refractivity contribution in [2.45, 2.75) is 25.2 Å². The summed E-state index contributed by atoms with van der Waals surface area (Å²) in [5, 5.41) is 16.2. The maximum absolute atomic E-state index is 13.3. The van der Waals surface area contributed by atoms with E-state index >= 15 is 0 Å². The number of hydrogen-bond acceptors (Lipinski definition) is 7. The summed E-state index contributed by atoms with van der Waals surface area (Å²) in [7, 11) is 0. The first kappa shape index (κ1) is 32.2. The van der Waals surface area contributed by atoms with E-state index in [4.69, 9.17) is 16.3 Å². The van der Waals surface area contributed by atoms with Gasteiger partial charge in [0, 0.05) is 51.1 Å². The lowest BCUT2D eigenvalue weighted by molar-refractivity contribution is -0.135. The summed E-state index contributed by atoms with van der Waals surface area (Å²) in [6.07, 6.45) is 4.09. The molecule has 3 N–H and O–H groups in total. The fourth-order valence-electron chi connectivity index (χ4n) is 5.30. The molecule has 2 aliphatic rings. The number of carbonyl (C=O) groups is 3. The summed E-state index contributed by atoms with van der Waals surface area (Å²) in [5.74, 6) is -1.18. The van der Waals surface area contributed by atoms with Gasteiger partial charge >= 0.3 is 0 Å². The van der Waals surface area contributed by atoms with Gasteiger partial charge in [-0.3, -0.25) is 19.3 Å². The second kappa shape index (κ2) is 15.2. The Morgan fingerprint density at radius 2 is 1.77 bits per heavy atom. The Morgan fingerprint density at radius 1 is 0.953 bits per heavy atom. The molecule has 0 saturated carbocycles. The number of para-hydroxylation sites is 1. The lowest BCUT2D eigenvalue weighted by Gasteiger charge is -2.34. The molecular weight excluding hydrogens is 593 g/mol. The molecule has 2 saturated heterocycles. The first-order valence-corrected chi connectivity index (χ1v) is 14.5. The van der Waals surface area contributed by atoms with Crippen molar-refractivity contribution < 1.29 is 24.2 Å². The van der Waals surface area contributed by atoms with Crippen LogP contribution in [-0.4, -0.2) is 83.5 Å². The van der Waals surface area contributed by atoms with Crippen molar-refractivity contribution in [2.75, 3.05) is 56.6 Å². The number of nitrogens with zero attached hydrogens (tertiary/aromatic N) is 3. The van der Waals surface area contributed by atoms with Crippen molar-refractivity contribution in [1.82, 2.24) is 14.8 Å². The normalized spacial score (nSPS) is 17.5. The predicted octanol–water partition coefficient (Wildman–Crippen LogP) is 4.80. The highest BCUT2D eigenvalue weighted by molar-refractivity contribution is 6.30. The molecular formula is C31H35Cl2N5O5. The molecule has 0 bridgehead atoms. The third-order valence-electron chi connectivity index (χ3n) is 7.60. The van der Waals surface area contributed by atoms with Gasteiger partial charge in [-0.05, 0) is 61.2 Å². The number of rotatable bonds is 8. The number of piperidine rings is 1. The Bertz CT molecular complexity index is 1410. The number of nitrogens with one attached hydrogen (secondary N) is 2. The maximum atomic E-state index is 13.3. The van der Waals surface area contributed by atoms with E-state index in [1.54, 1.807) is 36.4 Å². The van der Waals surface area contributed by atoms with Gasteiger partial charge in [0.1, 0.15) is 11.6 Å². The van der Waals surface area contributed by atoms with E-state index in [9.17, 15) is 19.5 Å². The predicted molar refractivity (Wildman–Crippen MR) is 167 cm³/mol. The van der Waals surface area contributed by atoms with Gasteiger partial charge in [-0.25, -0.2) is 4.98 Å². The van der Waals surface area contributed by atoms with Crippen LogP contribution in [-0.2, 0) is 9.53 Å². The van der Waals surface area contributed by atoms with Gasteiger partial charge in [0.15, 0.2) is 0 Å². The Hall–Kier alpha value is -3.70. The van der Waals surface area contributed by atoms with E-state index in [-0.39, 0.29) is 47.1 Å². The van der Waals surface area contributed by atoms with Gasteiger partial charge in [0.25, 0.3) is 11.8 Å². The first-order chi connectivity index (χ1) is 20.4. The van der Waals surface area contributed by atoms with Gasteiger partial charge in [0.2, 0.25) is 5.91 Å². The Balaban J connectivity index is 0.00000423. The number of hydrogen-bond donors (Lipinski definition) is 3. The maximum Gasteiger partial charge on any atom is 0.259 e. The summed E-state index contributed by atoms with van der Waals surface area (Å²) in [4.78, 5) is 47.7. The van der Waals surface area contributed by atoms with E-state index in [1.807, 2.05) is 4.90 Å². The van der Waals surface area contributed by atoms with E-state index in [0.717, 1.165) is 64.2 Å². The monoisotopic (exact) mass is 627 g/mol. The zero-order valence-corrected chi connectivity index (χ0v) is 25.2. The zero-order valence-electron chi connectivity index (χ0n) is 23.6. The minimum absolute atomic E-state index is 0. The molecule has 228 valence electrons. The summed E-state index contributed by atoms with van der Waals surface area (Å²) in [6.45, 7) is 5.69. The third kappa shape index (κ3) is 8.23. The molecule has 10 nitrogen and oxygen atoms in total. The lowest BCUT2D eigenvalue weighted by Crippen LogP contribution is -2.44. The lowest BCUT2D eigenvalue weighted by atomic mass is 9.89. The Kier molecular flexibility index (Phi) is 11.4. The van der Waals surface area contributed by atoms with Crippen molar-refractivity contribution in [2.24, 2.45) is 0 Å². The van der Waals surface area contributed by atoms with E-state index in [0.29, 0.717) is 17.1 Å². The summed E-state index contributed by atoms with van der Waals surface area (Å²) >= 11 is 5.86. The molecule has 43 heavy (non-hydrogen) atoms. The van der Waals surface area contributed by atoms with Gasteiger partial charge in [-0.15, -0.1) is 12.4 Å². The van der Waals surface area contributed by atoms with Crippen LogP contribution in [0, 0.1) is 0 Å². The number of carbonyl (C=O) groups excluding carboxylic acids is 3. The Morgan fingerprint density at radius 3 is 2.53 bits per heavy atom. The summed E-state index contributed by atoms with van der Waals surface area (Å²) < 4.78 is 5.53. The molecule has 12 heteroatoms. The van der Waals surface area contributed by atoms with Crippen molar-refractivity contribution in [1.29, 1.82) is 0 Å². The smallest absolute Gasteiger partial charge is 0.259 e. The minimum Gasteiger partial charge on any atom is -0.506 e. The average molecular weight is 629 g/mol. The average Bonchev–Trinajstić information content (AvgIpc) is 3.28. The summed E-state index contributed by atoms with van der Waals surface area (Å²) in [5.41, 5.74) is 1.24. The molecule has 0 radical (unpaired) electrons. The van der Waals surface area contributed by atoms with Crippen molar-refractivity contribution in [3.05, 3.63) is 82.5 Å². The zero-order chi connectivity index (χ0) is 29.5. The molecule has 3 aromatic rings. The molecule has 0 spiro atoms. The number of benzene rings is 2. The Labute approximate surface area is 261 Å². The number of phenolic OH excluding ortho intramolecular Hbond substituents is 1. The largest absolute Gasteiger partial charge is 0.506 e. The van der Waals surface area contributed by atoms with E-state index < -0.39 is 11.8 Å². The van der Waals surface area contributed by atoms with Crippen molar-refractivity contribution >= 4 is 53.2 Å². The van der Waals surface area contributed by atoms with Crippen molar-refractivity contribution in [3.63, 3.8) is 0 Å². The standard InChI is InChI=1S/C31H34ClN5O5.ClH/c32-23-11-12-27(33-20-23)34-30(40)25-4-1-6-26(38)28(25)35-29(39)22-9-7-21(8-10-22)24-5-2-14-37(31(24)41)16-15-36-13-3-18-42-19-17-36;/h1,4,6-12,20,24,38H,2-3,5,13-19H2,(H,35,39)(H,33,34,40);1H. The van der Waals surface area contributed by atoms with Crippen LogP contribution >= 0.6 is 24.0 Å². The third-order valence-corrected chi connectivity index (χ3v) is 7.83. The van der Waals surface area contributed by atoms with Crippen LogP contribution in [0.5, 0.6) is 5.75 Å². The fraction of sp³-hybridized carbons (Fsp3) is 0.355. The number of aromatic hydroxyl groups is 1. The second-order valence-electron chi connectivity index (χ2n) is 10.4. The number of anilines is 2. The van der Waals surface area contributed by atoms with Crippen LogP contribution in [0.4, 0.5) is 11.5 Å². The number of pyridine rings is 1. The minimum atomic E-state index is -0.559.